The second kappa shape index (κ2) is 9.59. The van der Waals surface area contributed by atoms with Crippen molar-refractivity contribution in [3.05, 3.63) is 88.1 Å². The van der Waals surface area contributed by atoms with E-state index in [4.69, 9.17) is 5.10 Å². The van der Waals surface area contributed by atoms with Crippen molar-refractivity contribution in [2.75, 3.05) is 17.2 Å². The SMILES string of the molecule is Cc1cccc(-n2nc(-c3ccccc3)c3c2N(CC(=O)NC2CC2)C(=O)CSC3c2cccs2)c1. The van der Waals surface area contributed by atoms with Gasteiger partial charge in [-0.2, -0.15) is 5.10 Å². The number of fused-ring (bicyclic) bond motifs is 1. The fourth-order valence-corrected chi connectivity index (χ4v) is 6.75. The van der Waals surface area contributed by atoms with Crippen molar-refractivity contribution in [2.24, 2.45) is 0 Å². The maximum atomic E-state index is 13.6. The minimum Gasteiger partial charge on any atom is -0.352 e. The van der Waals surface area contributed by atoms with Crippen LogP contribution in [0.5, 0.6) is 0 Å². The third kappa shape index (κ3) is 4.47. The minimum absolute atomic E-state index is 0.0220. The smallest absolute Gasteiger partial charge is 0.240 e. The molecule has 1 aliphatic heterocycles. The van der Waals surface area contributed by atoms with E-state index in [0.29, 0.717) is 5.82 Å². The van der Waals surface area contributed by atoms with Crippen LogP contribution >= 0.6 is 23.1 Å². The molecule has 6 rings (SSSR count). The quantitative estimate of drug-likeness (QED) is 0.376. The zero-order chi connectivity index (χ0) is 24.6. The molecule has 1 aliphatic carbocycles. The fraction of sp³-hybridized carbons (Fsp3) is 0.250. The number of thioether (sulfide) groups is 1. The summed E-state index contributed by atoms with van der Waals surface area (Å²) in [7, 11) is 0. The number of benzene rings is 2. The standard InChI is InChI=1S/C28H26N4O2S2/c1-18-7-5-10-21(15-18)32-28-25(26(30-32)19-8-3-2-4-9-19)27(22-11-6-14-35-22)36-17-24(34)31(28)16-23(33)29-20-12-13-20/h2-11,14-15,20,27H,12-13,16-17H2,1H3,(H,29,33). The lowest BCUT2D eigenvalue weighted by atomic mass is 10.0. The number of aryl methyl sites for hydroxylation is 1. The van der Waals surface area contributed by atoms with Crippen LogP contribution in [-0.4, -0.2) is 39.9 Å². The first-order chi connectivity index (χ1) is 17.6. The third-order valence-corrected chi connectivity index (χ3v) is 8.75. The second-order valence-corrected chi connectivity index (χ2v) is 11.3. The molecule has 0 spiro atoms. The van der Waals surface area contributed by atoms with Crippen molar-refractivity contribution in [3.8, 4) is 16.9 Å². The summed E-state index contributed by atoms with van der Waals surface area (Å²) < 4.78 is 1.86. The van der Waals surface area contributed by atoms with Gasteiger partial charge in [0, 0.05) is 22.0 Å². The molecule has 1 unspecified atom stereocenters. The van der Waals surface area contributed by atoms with Crippen molar-refractivity contribution < 1.29 is 9.59 Å². The van der Waals surface area contributed by atoms with E-state index in [2.05, 4.69) is 35.0 Å². The van der Waals surface area contributed by atoms with E-state index in [9.17, 15) is 9.59 Å². The summed E-state index contributed by atoms with van der Waals surface area (Å²) in [6.07, 6.45) is 2.00. The Hall–Kier alpha value is -3.36. The summed E-state index contributed by atoms with van der Waals surface area (Å²) in [5.74, 6) is 0.754. The summed E-state index contributed by atoms with van der Waals surface area (Å²) >= 11 is 3.28. The molecule has 0 saturated heterocycles. The number of aromatic nitrogens is 2. The summed E-state index contributed by atoms with van der Waals surface area (Å²) in [5.41, 5.74) is 4.76. The molecule has 1 atom stereocenters. The van der Waals surface area contributed by atoms with Gasteiger partial charge in [0.25, 0.3) is 0 Å². The lowest BCUT2D eigenvalue weighted by Crippen LogP contribution is -2.43. The molecule has 182 valence electrons. The number of rotatable bonds is 6. The molecule has 2 amide bonds. The topological polar surface area (TPSA) is 67.2 Å². The van der Waals surface area contributed by atoms with Crippen LogP contribution in [0.3, 0.4) is 0 Å². The van der Waals surface area contributed by atoms with E-state index < -0.39 is 0 Å². The maximum absolute atomic E-state index is 13.6. The highest BCUT2D eigenvalue weighted by atomic mass is 32.2. The van der Waals surface area contributed by atoms with Crippen molar-refractivity contribution in [1.29, 1.82) is 0 Å². The molecule has 0 radical (unpaired) electrons. The van der Waals surface area contributed by atoms with Gasteiger partial charge in [-0.15, -0.1) is 23.1 Å². The predicted octanol–water partition coefficient (Wildman–Crippen LogP) is 5.36. The fourth-order valence-electron chi connectivity index (χ4n) is 4.58. The molecule has 2 aliphatic rings. The number of carbonyl (C=O) groups excluding carboxylic acids is 2. The van der Waals surface area contributed by atoms with E-state index in [1.807, 2.05) is 54.1 Å². The largest absolute Gasteiger partial charge is 0.352 e. The zero-order valence-electron chi connectivity index (χ0n) is 19.9. The monoisotopic (exact) mass is 514 g/mol. The Morgan fingerprint density at radius 1 is 1.08 bits per heavy atom. The number of thiophene rings is 1. The van der Waals surface area contributed by atoms with Crippen LogP contribution in [0.1, 0.15) is 34.1 Å². The highest BCUT2D eigenvalue weighted by molar-refractivity contribution is 8.00. The van der Waals surface area contributed by atoms with Crippen LogP contribution in [0.4, 0.5) is 5.82 Å². The van der Waals surface area contributed by atoms with Gasteiger partial charge in [0.1, 0.15) is 12.4 Å². The van der Waals surface area contributed by atoms with E-state index >= 15 is 0 Å². The number of hydrogen-bond acceptors (Lipinski definition) is 5. The molecule has 36 heavy (non-hydrogen) atoms. The van der Waals surface area contributed by atoms with Gasteiger partial charge in [0.15, 0.2) is 0 Å². The summed E-state index contributed by atoms with van der Waals surface area (Å²) in [6.45, 7) is 2.02. The highest BCUT2D eigenvalue weighted by Crippen LogP contribution is 2.49. The summed E-state index contributed by atoms with van der Waals surface area (Å²) in [4.78, 5) is 29.4. The maximum Gasteiger partial charge on any atom is 0.240 e. The van der Waals surface area contributed by atoms with Gasteiger partial charge in [-0.1, -0.05) is 48.5 Å². The van der Waals surface area contributed by atoms with Crippen molar-refractivity contribution in [3.63, 3.8) is 0 Å². The molecule has 1 N–H and O–H groups in total. The van der Waals surface area contributed by atoms with Crippen molar-refractivity contribution in [2.45, 2.75) is 31.1 Å². The minimum atomic E-state index is -0.130. The normalized spacial score (nSPS) is 17.5. The molecule has 6 nitrogen and oxygen atoms in total. The van der Waals surface area contributed by atoms with Gasteiger partial charge < -0.3 is 5.32 Å². The lowest BCUT2D eigenvalue weighted by Gasteiger charge is -2.23. The van der Waals surface area contributed by atoms with Gasteiger partial charge in [-0.05, 0) is 48.9 Å². The van der Waals surface area contributed by atoms with Gasteiger partial charge in [0.2, 0.25) is 11.8 Å². The van der Waals surface area contributed by atoms with Crippen LogP contribution in [0, 0.1) is 6.92 Å². The highest BCUT2D eigenvalue weighted by Gasteiger charge is 2.38. The molecule has 2 aromatic heterocycles. The van der Waals surface area contributed by atoms with E-state index in [0.717, 1.165) is 40.9 Å². The average Bonchev–Trinajstić information content (AvgIpc) is 3.40. The van der Waals surface area contributed by atoms with E-state index in [1.54, 1.807) is 28.0 Å². The Bertz CT molecular complexity index is 1410. The predicted molar refractivity (Wildman–Crippen MR) is 146 cm³/mol. The number of nitrogens with one attached hydrogen (secondary N) is 1. The number of anilines is 1. The van der Waals surface area contributed by atoms with E-state index in [1.165, 1.54) is 4.88 Å². The van der Waals surface area contributed by atoms with Crippen LogP contribution in [0.25, 0.3) is 16.9 Å². The molecule has 1 fully saturated rings. The van der Waals surface area contributed by atoms with Gasteiger partial charge in [-0.25, -0.2) is 4.68 Å². The third-order valence-electron chi connectivity index (χ3n) is 6.43. The Morgan fingerprint density at radius 2 is 1.92 bits per heavy atom. The first kappa shape index (κ1) is 23.1. The molecule has 1 saturated carbocycles. The van der Waals surface area contributed by atoms with Crippen molar-refractivity contribution in [1.82, 2.24) is 15.1 Å². The number of amides is 2. The first-order valence-electron chi connectivity index (χ1n) is 12.1. The van der Waals surface area contributed by atoms with Gasteiger partial charge in [-0.3, -0.25) is 14.5 Å². The van der Waals surface area contributed by atoms with Crippen LogP contribution < -0.4 is 10.2 Å². The van der Waals surface area contributed by atoms with E-state index in [-0.39, 0.29) is 35.4 Å². The van der Waals surface area contributed by atoms with Gasteiger partial charge >= 0.3 is 0 Å². The number of carbonyl (C=O) groups is 2. The first-order valence-corrected chi connectivity index (χ1v) is 14.0. The molecule has 3 heterocycles. The Labute approximate surface area is 218 Å². The number of nitrogens with zero attached hydrogens (tertiary/aromatic N) is 3. The second-order valence-electron chi connectivity index (χ2n) is 9.23. The number of hydrogen-bond donors (Lipinski definition) is 1. The van der Waals surface area contributed by atoms with Crippen LogP contribution in [-0.2, 0) is 9.59 Å². The molecule has 4 aromatic rings. The van der Waals surface area contributed by atoms with Crippen LogP contribution in [0.15, 0.2) is 72.1 Å². The van der Waals surface area contributed by atoms with Crippen molar-refractivity contribution >= 4 is 40.7 Å². The summed E-state index contributed by atoms with van der Waals surface area (Å²) in [6, 6.07) is 22.6. The molecular weight excluding hydrogens is 488 g/mol. The molecule has 8 heteroatoms. The Kier molecular flexibility index (Phi) is 6.15. The molecule has 0 bridgehead atoms. The zero-order valence-corrected chi connectivity index (χ0v) is 21.5. The Balaban J connectivity index is 1.60. The van der Waals surface area contributed by atoms with Crippen LogP contribution in [0.2, 0.25) is 0 Å². The Morgan fingerprint density at radius 3 is 2.64 bits per heavy atom. The molecule has 2 aromatic carbocycles. The average molecular weight is 515 g/mol. The molecular formula is C28H26N4O2S2. The summed E-state index contributed by atoms with van der Waals surface area (Å²) in [5, 5.41) is 10.2. The lowest BCUT2D eigenvalue weighted by molar-refractivity contribution is -0.123. The van der Waals surface area contributed by atoms with Gasteiger partial charge in [0.05, 0.1) is 22.4 Å².